The van der Waals surface area contributed by atoms with Gasteiger partial charge in [0.15, 0.2) is 11.6 Å². The second-order valence-electron chi connectivity index (χ2n) is 6.60. The van der Waals surface area contributed by atoms with Gasteiger partial charge in [0.05, 0.1) is 6.54 Å². The molecule has 31 heavy (non-hydrogen) atoms. The van der Waals surface area contributed by atoms with Gasteiger partial charge in [-0.25, -0.2) is 4.39 Å². The van der Waals surface area contributed by atoms with Crippen molar-refractivity contribution < 1.29 is 18.3 Å². The summed E-state index contributed by atoms with van der Waals surface area (Å²) in [6.07, 6.45) is 1.68. The maximum atomic E-state index is 13.2. The van der Waals surface area contributed by atoms with Crippen LogP contribution in [0.5, 0.6) is 5.75 Å². The van der Waals surface area contributed by atoms with Crippen molar-refractivity contribution in [3.63, 3.8) is 0 Å². The minimum absolute atomic E-state index is 0.130. The number of amides is 1. The molecule has 0 aliphatic heterocycles. The minimum atomic E-state index is -0.442. The Morgan fingerprint density at radius 3 is 2.68 bits per heavy atom. The molecule has 4 rings (SSSR count). The number of anilines is 1. The Balaban J connectivity index is 1.34. The Morgan fingerprint density at radius 2 is 1.90 bits per heavy atom. The first kappa shape index (κ1) is 21.0. The highest BCUT2D eigenvalue weighted by Crippen LogP contribution is 2.20. The van der Waals surface area contributed by atoms with Crippen molar-refractivity contribution in [2.45, 2.75) is 13.2 Å². The van der Waals surface area contributed by atoms with Crippen LogP contribution in [-0.4, -0.2) is 15.7 Å². The number of carbonyl (C=O) groups is 1. The van der Waals surface area contributed by atoms with E-state index in [1.807, 2.05) is 0 Å². The smallest absolute Gasteiger partial charge is 0.292 e. The molecule has 1 amide bonds. The molecule has 0 saturated carbocycles. The van der Waals surface area contributed by atoms with E-state index in [4.69, 9.17) is 32.4 Å². The van der Waals surface area contributed by atoms with Gasteiger partial charge in [-0.1, -0.05) is 29.3 Å². The number of benzene rings is 2. The number of halogens is 3. The number of nitrogens with zero attached hydrogens (tertiary/aromatic N) is 2. The average Bonchev–Trinajstić information content (AvgIpc) is 3.39. The molecule has 0 saturated heterocycles. The molecular formula is C22H16Cl2FN3O3. The Hall–Kier alpha value is -3.29. The average molecular weight is 460 g/mol. The fraction of sp³-hybridized carbons (Fsp3) is 0.0909. The monoisotopic (exact) mass is 459 g/mol. The largest absolute Gasteiger partial charge is 0.486 e. The molecule has 4 aromatic rings. The zero-order valence-corrected chi connectivity index (χ0v) is 17.5. The first-order valence-corrected chi connectivity index (χ1v) is 9.98. The van der Waals surface area contributed by atoms with Crippen LogP contribution >= 0.6 is 23.2 Å². The van der Waals surface area contributed by atoms with Gasteiger partial charge in [0.2, 0.25) is 0 Å². The number of nitrogens with one attached hydrogen (secondary N) is 1. The van der Waals surface area contributed by atoms with Gasteiger partial charge in [0.1, 0.15) is 23.9 Å². The van der Waals surface area contributed by atoms with Crippen LogP contribution < -0.4 is 10.1 Å². The highest BCUT2D eigenvalue weighted by Gasteiger charge is 2.14. The van der Waals surface area contributed by atoms with Crippen LogP contribution in [0.15, 0.2) is 71.3 Å². The third-order valence-electron chi connectivity index (χ3n) is 4.31. The van der Waals surface area contributed by atoms with Crippen molar-refractivity contribution in [3.05, 3.63) is 99.8 Å². The van der Waals surface area contributed by atoms with Crippen molar-refractivity contribution in [3.8, 4) is 5.75 Å². The molecule has 1 N–H and O–H groups in total. The topological polar surface area (TPSA) is 69.3 Å². The number of carbonyl (C=O) groups excluding carboxylic acids is 1. The van der Waals surface area contributed by atoms with Gasteiger partial charge in [0.25, 0.3) is 5.91 Å². The predicted molar refractivity (Wildman–Crippen MR) is 115 cm³/mol. The summed E-state index contributed by atoms with van der Waals surface area (Å²) in [5, 5.41) is 7.88. The first-order chi connectivity index (χ1) is 15.0. The molecule has 6 nitrogen and oxygen atoms in total. The second-order valence-corrected chi connectivity index (χ2v) is 7.44. The molecule has 9 heteroatoms. The van der Waals surface area contributed by atoms with Crippen molar-refractivity contribution in [2.75, 3.05) is 5.32 Å². The van der Waals surface area contributed by atoms with Crippen molar-refractivity contribution in [1.29, 1.82) is 0 Å². The van der Waals surface area contributed by atoms with E-state index in [9.17, 15) is 9.18 Å². The highest BCUT2D eigenvalue weighted by molar-refractivity contribution is 6.31. The molecule has 0 aliphatic carbocycles. The molecule has 0 fully saturated rings. The maximum absolute atomic E-state index is 13.2. The summed E-state index contributed by atoms with van der Waals surface area (Å²) >= 11 is 11.9. The van der Waals surface area contributed by atoms with E-state index in [0.29, 0.717) is 39.5 Å². The Bertz CT molecular complexity index is 1200. The quantitative estimate of drug-likeness (QED) is 0.379. The predicted octanol–water partition coefficient (Wildman–Crippen LogP) is 5.80. The SMILES string of the molecule is O=C(Nc1ccn(Cc2ccc(F)cc2Cl)n1)c1ccc(COc2ccc(Cl)cc2)o1. The molecule has 0 spiro atoms. The molecular weight excluding hydrogens is 444 g/mol. The lowest BCUT2D eigenvalue weighted by atomic mass is 10.2. The number of aromatic nitrogens is 2. The fourth-order valence-electron chi connectivity index (χ4n) is 2.78. The van der Waals surface area contributed by atoms with E-state index in [0.717, 1.165) is 0 Å². The lowest BCUT2D eigenvalue weighted by molar-refractivity contribution is 0.0992. The number of ether oxygens (including phenoxy) is 1. The summed E-state index contributed by atoms with van der Waals surface area (Å²) in [6, 6.07) is 16.0. The van der Waals surface area contributed by atoms with E-state index in [1.165, 1.54) is 12.1 Å². The standard InChI is InChI=1S/C22H16Cl2FN3O3/c23-15-2-5-17(6-3-15)30-13-18-7-8-20(31-18)22(29)26-21-9-10-28(27-21)12-14-1-4-16(25)11-19(14)24/h1-11H,12-13H2,(H,26,27,29). The van der Waals surface area contributed by atoms with E-state index in [2.05, 4.69) is 10.4 Å². The van der Waals surface area contributed by atoms with Crippen LogP contribution in [0.2, 0.25) is 10.0 Å². The zero-order chi connectivity index (χ0) is 21.8. The third-order valence-corrected chi connectivity index (χ3v) is 4.91. The summed E-state index contributed by atoms with van der Waals surface area (Å²) in [5.41, 5.74) is 0.709. The Morgan fingerprint density at radius 1 is 1.10 bits per heavy atom. The van der Waals surface area contributed by atoms with Gasteiger partial charge in [0, 0.05) is 22.3 Å². The zero-order valence-electron chi connectivity index (χ0n) is 16.0. The summed E-state index contributed by atoms with van der Waals surface area (Å²) in [4.78, 5) is 12.4. The maximum Gasteiger partial charge on any atom is 0.292 e. The summed E-state index contributed by atoms with van der Waals surface area (Å²) in [7, 11) is 0. The van der Waals surface area contributed by atoms with Gasteiger partial charge >= 0.3 is 0 Å². The van der Waals surface area contributed by atoms with Crippen LogP contribution in [0, 0.1) is 5.82 Å². The van der Waals surface area contributed by atoms with Crippen LogP contribution in [0.1, 0.15) is 21.9 Å². The molecule has 0 radical (unpaired) electrons. The molecule has 2 aromatic carbocycles. The lowest BCUT2D eigenvalue weighted by Crippen LogP contribution is -2.12. The van der Waals surface area contributed by atoms with Crippen molar-refractivity contribution in [2.24, 2.45) is 0 Å². The normalized spacial score (nSPS) is 10.8. The van der Waals surface area contributed by atoms with E-state index >= 15 is 0 Å². The van der Waals surface area contributed by atoms with Crippen LogP contribution in [-0.2, 0) is 13.2 Å². The third kappa shape index (κ3) is 5.45. The van der Waals surface area contributed by atoms with Gasteiger partial charge in [-0.15, -0.1) is 0 Å². The van der Waals surface area contributed by atoms with E-state index < -0.39 is 11.7 Å². The number of hydrogen-bond acceptors (Lipinski definition) is 4. The van der Waals surface area contributed by atoms with Crippen molar-refractivity contribution >= 4 is 34.9 Å². The molecule has 0 bridgehead atoms. The van der Waals surface area contributed by atoms with Crippen LogP contribution in [0.3, 0.4) is 0 Å². The second kappa shape index (κ2) is 9.24. The van der Waals surface area contributed by atoms with Gasteiger partial charge in [-0.05, 0) is 54.1 Å². The summed E-state index contributed by atoms with van der Waals surface area (Å²) in [5.74, 6) is 0.765. The highest BCUT2D eigenvalue weighted by atomic mass is 35.5. The molecule has 2 aromatic heterocycles. The Kier molecular flexibility index (Phi) is 6.25. The number of furan rings is 1. The first-order valence-electron chi connectivity index (χ1n) is 9.22. The molecule has 0 unspecified atom stereocenters. The van der Waals surface area contributed by atoms with E-state index in [-0.39, 0.29) is 12.4 Å². The molecule has 0 atom stereocenters. The van der Waals surface area contributed by atoms with Crippen molar-refractivity contribution in [1.82, 2.24) is 9.78 Å². The minimum Gasteiger partial charge on any atom is -0.486 e. The van der Waals surface area contributed by atoms with Crippen LogP contribution in [0.4, 0.5) is 10.2 Å². The number of rotatable bonds is 7. The van der Waals surface area contributed by atoms with Gasteiger partial charge < -0.3 is 14.5 Å². The summed E-state index contributed by atoms with van der Waals surface area (Å²) < 4.78 is 25.9. The van der Waals surface area contributed by atoms with Crippen LogP contribution in [0.25, 0.3) is 0 Å². The number of hydrogen-bond donors (Lipinski definition) is 1. The molecule has 0 aliphatic rings. The van der Waals surface area contributed by atoms with E-state index in [1.54, 1.807) is 59.4 Å². The fourth-order valence-corrected chi connectivity index (χ4v) is 3.13. The van der Waals surface area contributed by atoms with Gasteiger partial charge in [-0.3, -0.25) is 9.48 Å². The Labute approximate surface area is 187 Å². The summed E-state index contributed by atoms with van der Waals surface area (Å²) in [6.45, 7) is 0.504. The molecule has 158 valence electrons. The van der Waals surface area contributed by atoms with Gasteiger partial charge in [-0.2, -0.15) is 5.10 Å². The lowest BCUT2D eigenvalue weighted by Gasteiger charge is -2.05. The molecule has 2 heterocycles.